The average molecular weight is 350 g/mol. The van der Waals surface area contributed by atoms with Gasteiger partial charge in [0.05, 0.1) is 7.11 Å². The first-order valence-corrected chi connectivity index (χ1v) is 8.85. The molecule has 0 unspecified atom stereocenters. The lowest BCUT2D eigenvalue weighted by Gasteiger charge is -2.23. The summed E-state index contributed by atoms with van der Waals surface area (Å²) in [5.74, 6) is 1.38. The maximum absolute atomic E-state index is 12.7. The van der Waals surface area contributed by atoms with Crippen molar-refractivity contribution < 1.29 is 14.3 Å². The van der Waals surface area contributed by atoms with E-state index in [2.05, 4.69) is 23.2 Å². The SMILES string of the molecule is COc1cccc(OCC(=O)N(Cc2ccc3[nH]ccc3c2)C2CC2)c1. The van der Waals surface area contributed by atoms with Gasteiger partial charge in [0.15, 0.2) is 6.61 Å². The van der Waals surface area contributed by atoms with Gasteiger partial charge in [-0.1, -0.05) is 12.1 Å². The molecule has 134 valence electrons. The molecule has 5 nitrogen and oxygen atoms in total. The van der Waals surface area contributed by atoms with Crippen LogP contribution in [0.15, 0.2) is 54.7 Å². The summed E-state index contributed by atoms with van der Waals surface area (Å²) in [6, 6.07) is 16.0. The number of hydrogen-bond donors (Lipinski definition) is 1. The van der Waals surface area contributed by atoms with Crippen LogP contribution in [0.25, 0.3) is 10.9 Å². The van der Waals surface area contributed by atoms with E-state index in [-0.39, 0.29) is 12.5 Å². The van der Waals surface area contributed by atoms with E-state index in [0.717, 1.165) is 23.9 Å². The van der Waals surface area contributed by atoms with Crippen LogP contribution in [0.2, 0.25) is 0 Å². The van der Waals surface area contributed by atoms with Crippen LogP contribution in [0.4, 0.5) is 0 Å². The van der Waals surface area contributed by atoms with Crippen molar-refractivity contribution in [3.8, 4) is 11.5 Å². The van der Waals surface area contributed by atoms with E-state index >= 15 is 0 Å². The summed E-state index contributed by atoms with van der Waals surface area (Å²) in [4.78, 5) is 17.9. The highest BCUT2D eigenvalue weighted by atomic mass is 16.5. The van der Waals surface area contributed by atoms with Crippen LogP contribution < -0.4 is 9.47 Å². The summed E-state index contributed by atoms with van der Waals surface area (Å²) in [7, 11) is 1.61. The smallest absolute Gasteiger partial charge is 0.261 e. The largest absolute Gasteiger partial charge is 0.497 e. The number of hydrogen-bond acceptors (Lipinski definition) is 3. The maximum atomic E-state index is 12.7. The van der Waals surface area contributed by atoms with Crippen molar-refractivity contribution in [3.63, 3.8) is 0 Å². The fraction of sp³-hybridized carbons (Fsp3) is 0.286. The minimum absolute atomic E-state index is 0.0180. The number of amides is 1. The Kier molecular flexibility index (Phi) is 4.52. The van der Waals surface area contributed by atoms with Crippen LogP contribution in [-0.2, 0) is 11.3 Å². The number of carbonyl (C=O) groups excluding carboxylic acids is 1. The zero-order valence-corrected chi connectivity index (χ0v) is 14.8. The molecule has 1 saturated carbocycles. The quantitative estimate of drug-likeness (QED) is 0.706. The molecule has 26 heavy (non-hydrogen) atoms. The number of aromatic nitrogens is 1. The van der Waals surface area contributed by atoms with Crippen molar-refractivity contribution in [3.05, 3.63) is 60.3 Å². The van der Waals surface area contributed by atoms with Crippen LogP contribution in [0, 0.1) is 0 Å². The third-order valence-corrected chi connectivity index (χ3v) is 4.68. The molecule has 0 spiro atoms. The summed E-state index contributed by atoms with van der Waals surface area (Å²) in [5.41, 5.74) is 2.25. The maximum Gasteiger partial charge on any atom is 0.261 e. The van der Waals surface area contributed by atoms with Gasteiger partial charge in [-0.3, -0.25) is 4.79 Å². The Morgan fingerprint density at radius 2 is 2.00 bits per heavy atom. The second kappa shape index (κ2) is 7.12. The zero-order valence-electron chi connectivity index (χ0n) is 14.8. The first kappa shape index (κ1) is 16.5. The minimum atomic E-state index is 0.0180. The topological polar surface area (TPSA) is 54.6 Å². The van der Waals surface area contributed by atoms with Crippen molar-refractivity contribution in [2.45, 2.75) is 25.4 Å². The van der Waals surface area contributed by atoms with Crippen molar-refractivity contribution >= 4 is 16.8 Å². The van der Waals surface area contributed by atoms with Crippen LogP contribution in [-0.4, -0.2) is 35.5 Å². The van der Waals surface area contributed by atoms with Gasteiger partial charge in [0.2, 0.25) is 0 Å². The molecule has 3 aromatic rings. The molecule has 1 aromatic heterocycles. The summed E-state index contributed by atoms with van der Waals surface area (Å²) in [5, 5.41) is 1.17. The number of H-pyrrole nitrogens is 1. The predicted octanol–water partition coefficient (Wildman–Crippen LogP) is 3.75. The third kappa shape index (κ3) is 3.67. The van der Waals surface area contributed by atoms with Crippen molar-refractivity contribution in [2.24, 2.45) is 0 Å². The Bertz CT molecular complexity index is 914. The van der Waals surface area contributed by atoms with Gasteiger partial charge < -0.3 is 19.4 Å². The van der Waals surface area contributed by atoms with E-state index in [1.165, 1.54) is 5.39 Å². The van der Waals surface area contributed by atoms with Gasteiger partial charge in [0.25, 0.3) is 5.91 Å². The van der Waals surface area contributed by atoms with Gasteiger partial charge in [0, 0.05) is 30.4 Å². The van der Waals surface area contributed by atoms with Crippen molar-refractivity contribution in [1.82, 2.24) is 9.88 Å². The Morgan fingerprint density at radius 3 is 2.81 bits per heavy atom. The van der Waals surface area contributed by atoms with Crippen molar-refractivity contribution in [1.29, 1.82) is 0 Å². The number of methoxy groups -OCH3 is 1. The molecule has 1 heterocycles. The fourth-order valence-electron chi connectivity index (χ4n) is 3.12. The van der Waals surface area contributed by atoms with Gasteiger partial charge in [-0.15, -0.1) is 0 Å². The first-order valence-electron chi connectivity index (χ1n) is 8.85. The Hall–Kier alpha value is -2.95. The summed E-state index contributed by atoms with van der Waals surface area (Å²) in [6.45, 7) is 0.655. The van der Waals surface area contributed by atoms with Crippen LogP contribution in [0.3, 0.4) is 0 Å². The fourth-order valence-corrected chi connectivity index (χ4v) is 3.12. The number of carbonyl (C=O) groups is 1. The zero-order chi connectivity index (χ0) is 17.9. The monoisotopic (exact) mass is 350 g/mol. The molecule has 1 aliphatic carbocycles. The molecular formula is C21H22N2O3. The number of aromatic amines is 1. The number of nitrogens with one attached hydrogen (secondary N) is 1. The lowest BCUT2D eigenvalue weighted by atomic mass is 10.1. The van der Waals surface area contributed by atoms with E-state index in [1.54, 1.807) is 13.2 Å². The molecule has 2 aromatic carbocycles. The van der Waals surface area contributed by atoms with Gasteiger partial charge in [-0.05, 0) is 54.1 Å². The number of rotatable bonds is 7. The standard InChI is InChI=1S/C21H22N2O3/c1-25-18-3-2-4-19(12-18)26-14-21(24)23(17-6-7-17)13-15-5-8-20-16(11-15)9-10-22-20/h2-5,8-12,17,22H,6-7,13-14H2,1H3. The van der Waals surface area contributed by atoms with E-state index in [9.17, 15) is 4.79 Å². The number of benzene rings is 2. The predicted molar refractivity (Wildman–Crippen MR) is 100 cm³/mol. The second-order valence-electron chi connectivity index (χ2n) is 6.62. The molecular weight excluding hydrogens is 328 g/mol. The lowest BCUT2D eigenvalue weighted by Crippen LogP contribution is -2.36. The number of fused-ring (bicyclic) bond motifs is 1. The molecule has 1 aliphatic rings. The third-order valence-electron chi connectivity index (χ3n) is 4.68. The highest BCUT2D eigenvalue weighted by Crippen LogP contribution is 2.29. The molecule has 5 heteroatoms. The van der Waals surface area contributed by atoms with E-state index < -0.39 is 0 Å². The normalized spacial score (nSPS) is 13.6. The Morgan fingerprint density at radius 1 is 1.15 bits per heavy atom. The Balaban J connectivity index is 1.43. The number of nitrogens with zero attached hydrogens (tertiary/aromatic N) is 1. The van der Waals surface area contributed by atoms with Crippen LogP contribution in [0.1, 0.15) is 18.4 Å². The van der Waals surface area contributed by atoms with Gasteiger partial charge >= 0.3 is 0 Å². The molecule has 1 fully saturated rings. The molecule has 4 rings (SSSR count). The van der Waals surface area contributed by atoms with Gasteiger partial charge in [0.1, 0.15) is 11.5 Å². The summed E-state index contributed by atoms with van der Waals surface area (Å²) in [6.07, 6.45) is 4.06. The molecule has 0 radical (unpaired) electrons. The van der Waals surface area contributed by atoms with Crippen molar-refractivity contribution in [2.75, 3.05) is 13.7 Å². The van der Waals surface area contributed by atoms with Gasteiger partial charge in [-0.2, -0.15) is 0 Å². The first-order chi connectivity index (χ1) is 12.7. The molecule has 0 aliphatic heterocycles. The second-order valence-corrected chi connectivity index (χ2v) is 6.62. The van der Waals surface area contributed by atoms with E-state index in [1.807, 2.05) is 35.4 Å². The van der Waals surface area contributed by atoms with E-state index in [0.29, 0.717) is 24.1 Å². The highest BCUT2D eigenvalue weighted by molar-refractivity contribution is 5.81. The summed E-state index contributed by atoms with van der Waals surface area (Å²) < 4.78 is 10.9. The average Bonchev–Trinajstić information content (AvgIpc) is 3.41. The highest BCUT2D eigenvalue weighted by Gasteiger charge is 2.32. The molecule has 1 N–H and O–H groups in total. The molecule has 1 amide bonds. The lowest BCUT2D eigenvalue weighted by molar-refractivity contribution is -0.134. The molecule has 0 saturated heterocycles. The van der Waals surface area contributed by atoms with Gasteiger partial charge in [-0.25, -0.2) is 0 Å². The van der Waals surface area contributed by atoms with E-state index in [4.69, 9.17) is 9.47 Å². The minimum Gasteiger partial charge on any atom is -0.497 e. The Labute approximate surface area is 152 Å². The molecule has 0 bridgehead atoms. The van der Waals surface area contributed by atoms with Crippen LogP contribution in [0.5, 0.6) is 11.5 Å². The van der Waals surface area contributed by atoms with Crippen LogP contribution >= 0.6 is 0 Å². The summed E-state index contributed by atoms with van der Waals surface area (Å²) >= 11 is 0. The number of ether oxygens (including phenoxy) is 2. The molecule has 0 atom stereocenters.